The Morgan fingerprint density at radius 3 is 2.53 bits per heavy atom. The molecule has 1 saturated heterocycles. The van der Waals surface area contributed by atoms with Crippen molar-refractivity contribution in [2.24, 2.45) is 0 Å². The molecule has 0 aromatic heterocycles. The number of carbonyl (C=O) groups excluding carboxylic acids is 2. The average molecular weight is 263 g/mol. The van der Waals surface area contributed by atoms with E-state index >= 15 is 0 Å². The second-order valence-electron chi connectivity index (χ2n) is 4.08. The monoisotopic (exact) mass is 263 g/mol. The van der Waals surface area contributed by atoms with Crippen LogP contribution < -0.4 is 10.6 Å². The van der Waals surface area contributed by atoms with Gasteiger partial charge in [-0.25, -0.2) is 9.59 Å². The summed E-state index contributed by atoms with van der Waals surface area (Å²) >= 11 is 0. The standard InChI is InChI=1S/C12H13N3O4/c16-10-7-15(6-5-13-10)12(19)14-9-3-1-8(2-4-9)11(17)18/h1-4H,5-7H2,(H,13,16)(H,14,19)(H,17,18). The highest BCUT2D eigenvalue weighted by Gasteiger charge is 2.20. The molecule has 19 heavy (non-hydrogen) atoms. The molecule has 0 saturated carbocycles. The summed E-state index contributed by atoms with van der Waals surface area (Å²) in [5.41, 5.74) is 0.635. The molecule has 1 aliphatic heterocycles. The van der Waals surface area contributed by atoms with Gasteiger partial charge >= 0.3 is 12.0 Å². The third-order valence-electron chi connectivity index (χ3n) is 2.71. The van der Waals surface area contributed by atoms with Crippen molar-refractivity contribution in [2.45, 2.75) is 0 Å². The molecule has 2 rings (SSSR count). The van der Waals surface area contributed by atoms with Gasteiger partial charge in [0.15, 0.2) is 0 Å². The third-order valence-corrected chi connectivity index (χ3v) is 2.71. The molecule has 0 atom stereocenters. The summed E-state index contributed by atoms with van der Waals surface area (Å²) in [6.45, 7) is 0.911. The summed E-state index contributed by atoms with van der Waals surface area (Å²) in [6.07, 6.45) is 0. The number of aromatic carboxylic acids is 1. The van der Waals surface area contributed by atoms with Crippen LogP contribution in [-0.2, 0) is 4.79 Å². The normalized spacial score (nSPS) is 14.7. The van der Waals surface area contributed by atoms with E-state index in [2.05, 4.69) is 10.6 Å². The van der Waals surface area contributed by atoms with Crippen LogP contribution in [0.2, 0.25) is 0 Å². The van der Waals surface area contributed by atoms with Gasteiger partial charge in [-0.3, -0.25) is 4.79 Å². The molecule has 100 valence electrons. The number of nitrogens with zero attached hydrogens (tertiary/aromatic N) is 1. The van der Waals surface area contributed by atoms with Gasteiger partial charge in [-0.05, 0) is 24.3 Å². The molecule has 0 bridgehead atoms. The largest absolute Gasteiger partial charge is 0.478 e. The number of nitrogens with one attached hydrogen (secondary N) is 2. The van der Waals surface area contributed by atoms with Crippen LogP contribution in [0.25, 0.3) is 0 Å². The van der Waals surface area contributed by atoms with E-state index in [4.69, 9.17) is 5.11 Å². The van der Waals surface area contributed by atoms with Gasteiger partial charge < -0.3 is 20.6 Å². The fraction of sp³-hybridized carbons (Fsp3) is 0.250. The minimum atomic E-state index is -1.02. The Morgan fingerprint density at radius 1 is 1.26 bits per heavy atom. The molecule has 7 nitrogen and oxygen atoms in total. The molecule has 1 aliphatic rings. The second-order valence-corrected chi connectivity index (χ2v) is 4.08. The number of benzene rings is 1. The van der Waals surface area contributed by atoms with Crippen LogP contribution in [-0.4, -0.2) is 47.5 Å². The maximum absolute atomic E-state index is 11.9. The van der Waals surface area contributed by atoms with Gasteiger partial charge in [0.1, 0.15) is 6.54 Å². The second kappa shape index (κ2) is 5.38. The first-order chi connectivity index (χ1) is 9.06. The van der Waals surface area contributed by atoms with Crippen LogP contribution in [0.4, 0.5) is 10.5 Å². The Labute approximate surface area is 109 Å². The van der Waals surface area contributed by atoms with Gasteiger partial charge in [-0.15, -0.1) is 0 Å². The zero-order chi connectivity index (χ0) is 13.8. The number of amides is 3. The Hall–Kier alpha value is -2.57. The smallest absolute Gasteiger partial charge is 0.335 e. The number of hydrogen-bond acceptors (Lipinski definition) is 3. The van der Waals surface area contributed by atoms with Crippen LogP contribution in [0.3, 0.4) is 0 Å². The van der Waals surface area contributed by atoms with Gasteiger partial charge in [0.2, 0.25) is 5.91 Å². The average Bonchev–Trinajstić information content (AvgIpc) is 2.39. The van der Waals surface area contributed by atoms with Crippen LogP contribution in [0.1, 0.15) is 10.4 Å². The van der Waals surface area contributed by atoms with Crippen molar-refractivity contribution in [3.63, 3.8) is 0 Å². The summed E-state index contributed by atoms with van der Waals surface area (Å²) in [7, 11) is 0. The first-order valence-corrected chi connectivity index (χ1v) is 5.72. The summed E-state index contributed by atoms with van der Waals surface area (Å²) in [5.74, 6) is -1.21. The Kier molecular flexibility index (Phi) is 3.65. The molecule has 1 fully saturated rings. The highest BCUT2D eigenvalue weighted by atomic mass is 16.4. The van der Waals surface area contributed by atoms with Gasteiger partial charge in [-0.1, -0.05) is 0 Å². The summed E-state index contributed by atoms with van der Waals surface area (Å²) in [4.78, 5) is 35.1. The van der Waals surface area contributed by atoms with E-state index in [-0.39, 0.29) is 24.0 Å². The molecule has 1 heterocycles. The lowest BCUT2D eigenvalue weighted by atomic mass is 10.2. The number of hydrogen-bond donors (Lipinski definition) is 3. The fourth-order valence-electron chi connectivity index (χ4n) is 1.71. The van der Waals surface area contributed by atoms with Gasteiger partial charge in [0.25, 0.3) is 0 Å². The molecular formula is C12H13N3O4. The number of carbonyl (C=O) groups is 3. The lowest BCUT2D eigenvalue weighted by Crippen LogP contribution is -2.51. The SMILES string of the molecule is O=C1CN(C(=O)Nc2ccc(C(=O)O)cc2)CCN1. The molecule has 7 heteroatoms. The number of carboxylic acid groups (broad SMARTS) is 1. The molecular weight excluding hydrogens is 250 g/mol. The number of carboxylic acids is 1. The Bertz CT molecular complexity index is 512. The molecule has 3 amide bonds. The number of anilines is 1. The van der Waals surface area contributed by atoms with Gasteiger partial charge in [0, 0.05) is 18.8 Å². The lowest BCUT2D eigenvalue weighted by molar-refractivity contribution is -0.123. The maximum atomic E-state index is 11.9. The topological polar surface area (TPSA) is 98.7 Å². The Morgan fingerprint density at radius 2 is 1.95 bits per heavy atom. The lowest BCUT2D eigenvalue weighted by Gasteiger charge is -2.26. The molecule has 0 radical (unpaired) electrons. The van der Waals surface area contributed by atoms with Crippen LogP contribution in [0.5, 0.6) is 0 Å². The van der Waals surface area contributed by atoms with Gasteiger partial charge in [0.05, 0.1) is 5.56 Å². The first kappa shape index (κ1) is 12.9. The van der Waals surface area contributed by atoms with E-state index < -0.39 is 5.97 Å². The van der Waals surface area contributed by atoms with Crippen molar-refractivity contribution < 1.29 is 19.5 Å². The van der Waals surface area contributed by atoms with E-state index in [9.17, 15) is 14.4 Å². The van der Waals surface area contributed by atoms with Crippen LogP contribution in [0.15, 0.2) is 24.3 Å². The highest BCUT2D eigenvalue weighted by Crippen LogP contribution is 2.10. The number of urea groups is 1. The van der Waals surface area contributed by atoms with Gasteiger partial charge in [-0.2, -0.15) is 0 Å². The van der Waals surface area contributed by atoms with E-state index in [0.29, 0.717) is 18.8 Å². The first-order valence-electron chi connectivity index (χ1n) is 5.72. The Balaban J connectivity index is 1.98. The van der Waals surface area contributed by atoms with Crippen molar-refractivity contribution in [1.82, 2.24) is 10.2 Å². The molecule has 0 aliphatic carbocycles. The fourth-order valence-corrected chi connectivity index (χ4v) is 1.71. The molecule has 0 unspecified atom stereocenters. The van der Waals surface area contributed by atoms with Crippen molar-refractivity contribution in [3.05, 3.63) is 29.8 Å². The minimum absolute atomic E-state index is 0.0268. The molecule has 1 aromatic rings. The zero-order valence-corrected chi connectivity index (χ0v) is 10.0. The van der Waals surface area contributed by atoms with Crippen molar-refractivity contribution in [1.29, 1.82) is 0 Å². The van der Waals surface area contributed by atoms with E-state index in [1.807, 2.05) is 0 Å². The predicted octanol–water partition coefficient (Wildman–Crippen LogP) is 0.349. The molecule has 0 spiro atoms. The van der Waals surface area contributed by atoms with Crippen molar-refractivity contribution in [2.75, 3.05) is 25.0 Å². The van der Waals surface area contributed by atoms with Crippen molar-refractivity contribution >= 4 is 23.6 Å². The predicted molar refractivity (Wildman–Crippen MR) is 67.0 cm³/mol. The maximum Gasteiger partial charge on any atom is 0.335 e. The van der Waals surface area contributed by atoms with E-state index in [1.165, 1.54) is 29.2 Å². The van der Waals surface area contributed by atoms with Crippen LogP contribution in [0, 0.1) is 0 Å². The molecule has 3 N–H and O–H groups in total. The third kappa shape index (κ3) is 3.21. The molecule has 1 aromatic carbocycles. The summed E-state index contributed by atoms with van der Waals surface area (Å²) < 4.78 is 0. The zero-order valence-electron chi connectivity index (χ0n) is 10.0. The van der Waals surface area contributed by atoms with Crippen molar-refractivity contribution in [3.8, 4) is 0 Å². The van der Waals surface area contributed by atoms with E-state index in [0.717, 1.165) is 0 Å². The van der Waals surface area contributed by atoms with Crippen LogP contribution >= 0.6 is 0 Å². The number of rotatable bonds is 2. The number of piperazine rings is 1. The highest BCUT2D eigenvalue weighted by molar-refractivity contribution is 5.94. The summed E-state index contributed by atoms with van der Waals surface area (Å²) in [6, 6.07) is 5.44. The van der Waals surface area contributed by atoms with E-state index in [1.54, 1.807) is 0 Å². The quantitative estimate of drug-likeness (QED) is 0.717. The summed E-state index contributed by atoms with van der Waals surface area (Å²) in [5, 5.41) is 14.0. The minimum Gasteiger partial charge on any atom is -0.478 e.